The van der Waals surface area contributed by atoms with Gasteiger partial charge in [0.1, 0.15) is 11.4 Å². The third-order valence-corrected chi connectivity index (χ3v) is 7.03. The summed E-state index contributed by atoms with van der Waals surface area (Å²) >= 11 is 6.09. The number of rotatable bonds is 13. The van der Waals surface area contributed by atoms with Crippen LogP contribution < -0.4 is 15.8 Å². The molecule has 7 nitrogen and oxygen atoms in total. The highest BCUT2D eigenvalue weighted by Gasteiger charge is 2.12. The Kier molecular flexibility index (Phi) is 9.37. The molecule has 0 saturated heterocycles. The lowest BCUT2D eigenvalue weighted by Gasteiger charge is -2.21. The van der Waals surface area contributed by atoms with E-state index in [9.17, 15) is 9.59 Å². The molecule has 0 atom stereocenters. The van der Waals surface area contributed by atoms with Gasteiger partial charge in [-0.25, -0.2) is 4.79 Å². The Balaban J connectivity index is 1.24. The third kappa shape index (κ3) is 7.11. The summed E-state index contributed by atoms with van der Waals surface area (Å²) in [6.45, 7) is 5.76. The van der Waals surface area contributed by atoms with Crippen molar-refractivity contribution >= 4 is 50.6 Å². The van der Waals surface area contributed by atoms with E-state index >= 15 is 0 Å². The van der Waals surface area contributed by atoms with E-state index in [0.717, 1.165) is 72.2 Å². The SMILES string of the molecule is CCN(CCCCC(=O)Cc1cc(=O)oc2cc(N(C)C)ccc12)CCNc1ccnc2cc(Cl)ccc12. The molecule has 4 rings (SSSR count). The van der Waals surface area contributed by atoms with Gasteiger partial charge in [-0.3, -0.25) is 9.78 Å². The fourth-order valence-corrected chi connectivity index (χ4v) is 4.82. The lowest BCUT2D eigenvalue weighted by molar-refractivity contribution is -0.118. The van der Waals surface area contributed by atoms with E-state index in [-0.39, 0.29) is 12.2 Å². The molecule has 0 fully saturated rings. The minimum Gasteiger partial charge on any atom is -0.423 e. The van der Waals surface area contributed by atoms with Gasteiger partial charge in [0.2, 0.25) is 0 Å². The molecule has 38 heavy (non-hydrogen) atoms. The van der Waals surface area contributed by atoms with Gasteiger partial charge in [0.15, 0.2) is 0 Å². The second kappa shape index (κ2) is 12.9. The third-order valence-electron chi connectivity index (χ3n) is 6.79. The van der Waals surface area contributed by atoms with E-state index in [2.05, 4.69) is 22.1 Å². The summed E-state index contributed by atoms with van der Waals surface area (Å²) in [5, 5.41) is 6.08. The van der Waals surface area contributed by atoms with Crippen LogP contribution in [-0.2, 0) is 11.2 Å². The molecule has 0 unspecified atom stereocenters. The van der Waals surface area contributed by atoms with Crippen molar-refractivity contribution in [2.75, 3.05) is 50.5 Å². The van der Waals surface area contributed by atoms with E-state index in [1.807, 2.05) is 61.5 Å². The monoisotopic (exact) mass is 534 g/mol. The second-order valence-corrected chi connectivity index (χ2v) is 10.2. The van der Waals surface area contributed by atoms with Crippen molar-refractivity contribution in [3.8, 4) is 0 Å². The van der Waals surface area contributed by atoms with Crippen molar-refractivity contribution in [2.24, 2.45) is 0 Å². The van der Waals surface area contributed by atoms with Crippen LogP contribution in [-0.4, -0.2) is 55.9 Å². The van der Waals surface area contributed by atoms with Crippen LogP contribution in [0.2, 0.25) is 5.02 Å². The quantitative estimate of drug-likeness (QED) is 0.172. The molecule has 0 aliphatic rings. The van der Waals surface area contributed by atoms with E-state index in [1.54, 1.807) is 6.20 Å². The number of unbranched alkanes of at least 4 members (excludes halogenated alkanes) is 1. The van der Waals surface area contributed by atoms with Crippen LogP contribution >= 0.6 is 11.6 Å². The highest BCUT2D eigenvalue weighted by atomic mass is 35.5. The predicted molar refractivity (Wildman–Crippen MR) is 157 cm³/mol. The number of likely N-dealkylation sites (N-methyl/N-ethyl adjacent to an activating group) is 1. The van der Waals surface area contributed by atoms with Crippen molar-refractivity contribution in [1.29, 1.82) is 0 Å². The van der Waals surface area contributed by atoms with Crippen molar-refractivity contribution in [3.63, 3.8) is 0 Å². The first-order chi connectivity index (χ1) is 18.3. The molecule has 200 valence electrons. The number of Topliss-reactive ketones (excluding diaryl/α,β-unsaturated/α-hetero) is 1. The topological polar surface area (TPSA) is 78.7 Å². The molecule has 8 heteroatoms. The van der Waals surface area contributed by atoms with E-state index in [0.29, 0.717) is 17.0 Å². The summed E-state index contributed by atoms with van der Waals surface area (Å²) < 4.78 is 5.39. The number of fused-ring (bicyclic) bond motifs is 2. The standard InChI is InChI=1S/C30H35ClN4O3/c1-4-35(16-14-33-27-12-13-32-28-19-22(31)8-10-26(27)28)15-6-5-7-24(36)17-21-18-30(37)38-29-20-23(34(2)3)9-11-25(21)29/h8-13,18-20H,4-7,14-17H2,1-3H3,(H,32,33). The second-order valence-electron chi connectivity index (χ2n) is 9.72. The van der Waals surface area contributed by atoms with Crippen molar-refractivity contribution in [2.45, 2.75) is 32.6 Å². The first-order valence-electron chi connectivity index (χ1n) is 13.1. The predicted octanol–water partition coefficient (Wildman–Crippen LogP) is 5.78. The Morgan fingerprint density at radius 3 is 2.63 bits per heavy atom. The maximum atomic E-state index is 12.7. The molecule has 0 amide bonds. The smallest absolute Gasteiger partial charge is 0.336 e. The van der Waals surface area contributed by atoms with E-state index < -0.39 is 5.63 Å². The Hall–Kier alpha value is -3.42. The zero-order chi connectivity index (χ0) is 27.1. The van der Waals surface area contributed by atoms with Gasteiger partial charge in [-0.05, 0) is 67.9 Å². The number of halogens is 1. The highest BCUT2D eigenvalue weighted by Crippen LogP contribution is 2.25. The van der Waals surface area contributed by atoms with Gasteiger partial charge in [-0.15, -0.1) is 0 Å². The number of hydrogen-bond donors (Lipinski definition) is 1. The normalized spacial score (nSPS) is 11.4. The molecule has 4 aromatic rings. The summed E-state index contributed by atoms with van der Waals surface area (Å²) in [7, 11) is 3.87. The maximum absolute atomic E-state index is 12.7. The number of aromatic nitrogens is 1. The van der Waals surface area contributed by atoms with Crippen molar-refractivity contribution < 1.29 is 9.21 Å². The van der Waals surface area contributed by atoms with Gasteiger partial charge < -0.3 is 19.5 Å². The Labute approximate surface area is 228 Å². The largest absolute Gasteiger partial charge is 0.423 e. The lowest BCUT2D eigenvalue weighted by Crippen LogP contribution is -2.30. The molecule has 2 aromatic carbocycles. The van der Waals surface area contributed by atoms with Crippen LogP contribution in [0.25, 0.3) is 21.9 Å². The molecule has 1 N–H and O–H groups in total. The molecule has 0 aliphatic heterocycles. The Bertz CT molecular complexity index is 1470. The van der Waals surface area contributed by atoms with Crippen LogP contribution in [0.5, 0.6) is 0 Å². The summed E-state index contributed by atoms with van der Waals surface area (Å²) in [6.07, 6.45) is 4.30. The fourth-order valence-electron chi connectivity index (χ4n) is 4.65. The molecular formula is C30H35ClN4O3. The van der Waals surface area contributed by atoms with Gasteiger partial charge in [-0.1, -0.05) is 18.5 Å². The van der Waals surface area contributed by atoms with E-state index in [4.69, 9.17) is 16.0 Å². The first-order valence-corrected chi connectivity index (χ1v) is 13.5. The van der Waals surface area contributed by atoms with E-state index in [1.165, 1.54) is 6.07 Å². The number of carbonyl (C=O) groups excluding carboxylic acids is 1. The molecule has 0 radical (unpaired) electrons. The average molecular weight is 535 g/mol. The molecule has 0 bridgehead atoms. The van der Waals surface area contributed by atoms with Gasteiger partial charge in [0.05, 0.1) is 5.52 Å². The summed E-state index contributed by atoms with van der Waals surface area (Å²) in [4.78, 5) is 33.5. The minimum atomic E-state index is -0.424. The summed E-state index contributed by atoms with van der Waals surface area (Å²) in [5.41, 5.74) is 3.70. The number of ketones is 1. The fraction of sp³-hybridized carbons (Fsp3) is 0.367. The first kappa shape index (κ1) is 27.6. The van der Waals surface area contributed by atoms with Crippen LogP contribution in [0.3, 0.4) is 0 Å². The Morgan fingerprint density at radius 2 is 1.84 bits per heavy atom. The molecule has 0 aliphatic carbocycles. The summed E-state index contributed by atoms with van der Waals surface area (Å²) in [6, 6.07) is 14.9. The molecule has 2 heterocycles. The van der Waals surface area contributed by atoms with Gasteiger partial charge in [0, 0.05) is 85.5 Å². The van der Waals surface area contributed by atoms with Gasteiger partial charge >= 0.3 is 5.63 Å². The number of hydrogen-bond acceptors (Lipinski definition) is 7. The number of nitrogens with one attached hydrogen (secondary N) is 1. The zero-order valence-corrected chi connectivity index (χ0v) is 23.1. The Morgan fingerprint density at radius 1 is 1.03 bits per heavy atom. The zero-order valence-electron chi connectivity index (χ0n) is 22.3. The number of anilines is 2. The van der Waals surface area contributed by atoms with Crippen molar-refractivity contribution in [3.05, 3.63) is 75.7 Å². The maximum Gasteiger partial charge on any atom is 0.336 e. The van der Waals surface area contributed by atoms with Gasteiger partial charge in [0.25, 0.3) is 0 Å². The lowest BCUT2D eigenvalue weighted by atomic mass is 10.0. The number of pyridine rings is 1. The number of benzene rings is 2. The minimum absolute atomic E-state index is 0.142. The highest BCUT2D eigenvalue weighted by molar-refractivity contribution is 6.31. The molecule has 2 aromatic heterocycles. The van der Waals surface area contributed by atoms with Crippen molar-refractivity contribution in [1.82, 2.24) is 9.88 Å². The average Bonchev–Trinajstić information content (AvgIpc) is 2.89. The molecular weight excluding hydrogens is 500 g/mol. The van der Waals surface area contributed by atoms with Gasteiger partial charge in [-0.2, -0.15) is 0 Å². The molecule has 0 saturated carbocycles. The molecule has 0 spiro atoms. The van der Waals surface area contributed by atoms with Crippen LogP contribution in [0.15, 0.2) is 63.9 Å². The van der Waals surface area contributed by atoms with Crippen LogP contribution in [0.1, 0.15) is 31.7 Å². The number of carbonyl (C=O) groups is 1. The van der Waals surface area contributed by atoms with Crippen LogP contribution in [0.4, 0.5) is 11.4 Å². The van der Waals surface area contributed by atoms with Crippen LogP contribution in [0, 0.1) is 0 Å². The summed E-state index contributed by atoms with van der Waals surface area (Å²) in [5.74, 6) is 0.142. The number of nitrogens with zero attached hydrogens (tertiary/aromatic N) is 3.